The van der Waals surface area contributed by atoms with Crippen molar-refractivity contribution in [3.63, 3.8) is 0 Å². The van der Waals surface area contributed by atoms with Gasteiger partial charge in [0.05, 0.1) is 6.61 Å². The maximum absolute atomic E-state index is 8.26. The lowest BCUT2D eigenvalue weighted by Gasteiger charge is -2.58. The molecular formula is C32H59N3O. The van der Waals surface area contributed by atoms with Crippen LogP contribution in [-0.4, -0.2) is 30.9 Å². The normalized spacial score (nSPS) is 35.3. The zero-order valence-corrected chi connectivity index (χ0v) is 24.0. The van der Waals surface area contributed by atoms with Crippen LogP contribution in [0.3, 0.4) is 0 Å². The molecule has 0 heterocycles. The molecule has 0 aliphatic heterocycles. The van der Waals surface area contributed by atoms with Crippen LogP contribution < -0.4 is 10.8 Å². The molecule has 0 aromatic carbocycles. The molecule has 0 spiro atoms. The summed E-state index contributed by atoms with van der Waals surface area (Å²) in [5.74, 6) is 3.23. The van der Waals surface area contributed by atoms with Crippen molar-refractivity contribution in [2.45, 2.75) is 119 Å². The minimum atomic E-state index is 0. The van der Waals surface area contributed by atoms with Crippen LogP contribution in [0.15, 0.2) is 23.8 Å². The first-order valence-electron chi connectivity index (χ1n) is 14.5. The fourth-order valence-corrected chi connectivity index (χ4v) is 8.07. The highest BCUT2D eigenvalue weighted by molar-refractivity contribution is 5.82. The van der Waals surface area contributed by atoms with E-state index >= 15 is 0 Å². The molecule has 0 aromatic heterocycles. The lowest BCUT2D eigenvalue weighted by Crippen LogP contribution is -2.50. The van der Waals surface area contributed by atoms with E-state index in [1.54, 1.807) is 5.57 Å². The van der Waals surface area contributed by atoms with Gasteiger partial charge in [-0.1, -0.05) is 52.0 Å². The van der Waals surface area contributed by atoms with Crippen LogP contribution in [0.5, 0.6) is 0 Å². The van der Waals surface area contributed by atoms with Crippen LogP contribution in [0.4, 0.5) is 0 Å². The summed E-state index contributed by atoms with van der Waals surface area (Å²) >= 11 is 0. The molecule has 6 atom stereocenters. The van der Waals surface area contributed by atoms with Gasteiger partial charge in [0.2, 0.25) is 0 Å². The summed E-state index contributed by atoms with van der Waals surface area (Å²) in [6, 6.07) is 0. The van der Waals surface area contributed by atoms with E-state index in [0.717, 1.165) is 49.6 Å². The predicted molar refractivity (Wildman–Crippen MR) is 156 cm³/mol. The zero-order valence-electron chi connectivity index (χ0n) is 24.0. The number of hydrogen-bond acceptors (Lipinski definition) is 4. The van der Waals surface area contributed by atoms with Gasteiger partial charge in [-0.15, -0.1) is 0 Å². The Balaban J connectivity index is 0.000000303. The average molecular weight is 502 g/mol. The summed E-state index contributed by atoms with van der Waals surface area (Å²) < 4.78 is 0. The third-order valence-electron chi connectivity index (χ3n) is 9.83. The summed E-state index contributed by atoms with van der Waals surface area (Å²) in [7, 11) is 0. The molecular weight excluding hydrogens is 442 g/mol. The topological polar surface area (TPSA) is 57.1 Å². The molecule has 4 aliphatic carbocycles. The minimum absolute atomic E-state index is 0. The summed E-state index contributed by atoms with van der Waals surface area (Å²) in [5, 5.41) is 11.5. The molecule has 4 rings (SSSR count). The number of rotatable bonds is 7. The standard InChI is InChI=1S/C22H33N.C9H22N2O.CH4/c1-14-9-11-21(3)16(13-14)5-6-17-19-8-7-18(15(2)23)22(19,4)12-10-20(17)21;1-5-10-7-6-8-12-11-9(2,3)4;/h13,17-20,23H,1,5-12H2,2-4H3;10-11H,5-8H2,1-4H3;1H4. The smallest absolute Gasteiger partial charge is 0.0694 e. The quantitative estimate of drug-likeness (QED) is 0.188. The molecule has 3 saturated carbocycles. The van der Waals surface area contributed by atoms with Crippen LogP contribution >= 0.6 is 0 Å². The first kappa shape index (κ1) is 31.2. The van der Waals surface area contributed by atoms with Gasteiger partial charge in [-0.3, -0.25) is 0 Å². The maximum Gasteiger partial charge on any atom is 0.0694 e. The molecule has 3 fully saturated rings. The highest BCUT2D eigenvalue weighted by Gasteiger charge is 2.58. The van der Waals surface area contributed by atoms with Gasteiger partial charge in [0.15, 0.2) is 0 Å². The Labute approximate surface area is 224 Å². The van der Waals surface area contributed by atoms with E-state index in [0.29, 0.717) is 16.7 Å². The lowest BCUT2D eigenvalue weighted by atomic mass is 9.46. The Morgan fingerprint density at radius 3 is 2.47 bits per heavy atom. The lowest BCUT2D eigenvalue weighted by molar-refractivity contribution is -0.0417. The molecule has 0 amide bonds. The van der Waals surface area contributed by atoms with Crippen molar-refractivity contribution in [1.29, 1.82) is 5.41 Å². The second-order valence-electron chi connectivity index (χ2n) is 13.4. The maximum atomic E-state index is 8.26. The van der Waals surface area contributed by atoms with E-state index in [-0.39, 0.29) is 13.0 Å². The molecule has 4 aliphatic rings. The van der Waals surface area contributed by atoms with E-state index in [4.69, 9.17) is 10.2 Å². The van der Waals surface area contributed by atoms with Gasteiger partial charge < -0.3 is 15.6 Å². The minimum Gasteiger partial charge on any atom is -0.317 e. The summed E-state index contributed by atoms with van der Waals surface area (Å²) in [6.45, 7) is 22.6. The summed E-state index contributed by atoms with van der Waals surface area (Å²) in [5.41, 5.74) is 7.92. The molecule has 4 heteroatoms. The Bertz CT molecular complexity index is 781. The largest absolute Gasteiger partial charge is 0.317 e. The predicted octanol–water partition coefficient (Wildman–Crippen LogP) is 8.10. The molecule has 0 aromatic rings. The Morgan fingerprint density at radius 1 is 1.11 bits per heavy atom. The van der Waals surface area contributed by atoms with Gasteiger partial charge in [0.25, 0.3) is 0 Å². The number of fused-ring (bicyclic) bond motifs is 5. The van der Waals surface area contributed by atoms with Gasteiger partial charge in [0.1, 0.15) is 0 Å². The average Bonchev–Trinajstić information content (AvgIpc) is 3.14. The van der Waals surface area contributed by atoms with E-state index in [2.05, 4.69) is 71.9 Å². The second kappa shape index (κ2) is 12.7. The highest BCUT2D eigenvalue weighted by atomic mass is 16.6. The molecule has 3 N–H and O–H groups in total. The highest BCUT2D eigenvalue weighted by Crippen LogP contribution is 2.66. The number of hydroxylamine groups is 1. The van der Waals surface area contributed by atoms with E-state index < -0.39 is 0 Å². The fourth-order valence-electron chi connectivity index (χ4n) is 8.07. The zero-order chi connectivity index (χ0) is 25.9. The monoisotopic (exact) mass is 501 g/mol. The van der Waals surface area contributed by atoms with Crippen molar-refractivity contribution >= 4 is 5.71 Å². The number of nitrogens with one attached hydrogen (secondary N) is 3. The molecule has 0 bridgehead atoms. The molecule has 0 saturated heterocycles. The van der Waals surface area contributed by atoms with Gasteiger partial charge in [-0.2, -0.15) is 5.48 Å². The molecule has 4 nitrogen and oxygen atoms in total. The third-order valence-corrected chi connectivity index (χ3v) is 9.83. The van der Waals surface area contributed by atoms with Gasteiger partial charge >= 0.3 is 0 Å². The Kier molecular flexibility index (Phi) is 11.0. The molecule has 208 valence electrons. The fraction of sp³-hybridized carbons (Fsp3) is 0.844. The van der Waals surface area contributed by atoms with Crippen molar-refractivity contribution in [1.82, 2.24) is 10.8 Å². The van der Waals surface area contributed by atoms with Crippen molar-refractivity contribution in [3.05, 3.63) is 23.8 Å². The Morgan fingerprint density at radius 2 is 1.83 bits per heavy atom. The van der Waals surface area contributed by atoms with Crippen molar-refractivity contribution < 1.29 is 4.84 Å². The van der Waals surface area contributed by atoms with Gasteiger partial charge in [0, 0.05) is 17.2 Å². The van der Waals surface area contributed by atoms with Crippen molar-refractivity contribution in [2.24, 2.45) is 34.5 Å². The molecule has 6 unspecified atom stereocenters. The van der Waals surface area contributed by atoms with Crippen molar-refractivity contribution in [3.8, 4) is 0 Å². The van der Waals surface area contributed by atoms with Crippen LogP contribution in [0.1, 0.15) is 114 Å². The van der Waals surface area contributed by atoms with Crippen LogP contribution in [-0.2, 0) is 4.84 Å². The third kappa shape index (κ3) is 6.91. The van der Waals surface area contributed by atoms with Crippen LogP contribution in [0, 0.1) is 39.9 Å². The summed E-state index contributed by atoms with van der Waals surface area (Å²) in [4.78, 5) is 5.25. The molecule has 36 heavy (non-hydrogen) atoms. The van der Waals surface area contributed by atoms with Crippen LogP contribution in [0.25, 0.3) is 0 Å². The number of allylic oxidation sites excluding steroid dienone is 3. The SMILES string of the molecule is C.C=C1C=C2CCC3C(CCC4(C)C(C(C)=N)CCC34)C2(C)CC1.CCNCCCONC(C)(C)C. The first-order chi connectivity index (χ1) is 16.4. The molecule has 0 radical (unpaired) electrons. The first-order valence-corrected chi connectivity index (χ1v) is 14.5. The van der Waals surface area contributed by atoms with Crippen LogP contribution in [0.2, 0.25) is 0 Å². The van der Waals surface area contributed by atoms with Gasteiger partial charge in [-0.05, 0) is 127 Å². The number of hydrogen-bond donors (Lipinski definition) is 3. The van der Waals surface area contributed by atoms with Gasteiger partial charge in [-0.25, -0.2) is 0 Å². The summed E-state index contributed by atoms with van der Waals surface area (Å²) in [6.07, 6.45) is 14.1. The second-order valence-corrected chi connectivity index (χ2v) is 13.4. The van der Waals surface area contributed by atoms with E-state index in [1.807, 2.05) is 0 Å². The Hall–Kier alpha value is -0.970. The van der Waals surface area contributed by atoms with E-state index in [9.17, 15) is 0 Å². The van der Waals surface area contributed by atoms with Crippen molar-refractivity contribution in [2.75, 3.05) is 19.7 Å². The van der Waals surface area contributed by atoms with E-state index in [1.165, 1.54) is 56.9 Å².